The highest BCUT2D eigenvalue weighted by Gasteiger charge is 2.32. The zero-order valence-electron chi connectivity index (χ0n) is 5.75. The standard InChI is InChI=1S/C5H10BrNO2S/c1-7-5(4-6)2-3-10(7,8)9/h5H,2-4H2,1H3. The van der Waals surface area contributed by atoms with Crippen molar-refractivity contribution >= 4 is 26.0 Å². The van der Waals surface area contributed by atoms with Crippen molar-refractivity contribution in [2.75, 3.05) is 18.1 Å². The fraction of sp³-hybridized carbons (Fsp3) is 1.00. The molecule has 1 unspecified atom stereocenters. The van der Waals surface area contributed by atoms with Crippen LogP contribution in [0.4, 0.5) is 0 Å². The van der Waals surface area contributed by atoms with Gasteiger partial charge in [0.25, 0.3) is 0 Å². The highest BCUT2D eigenvalue weighted by molar-refractivity contribution is 9.09. The fourth-order valence-corrected chi connectivity index (χ4v) is 3.45. The number of nitrogens with zero attached hydrogens (tertiary/aromatic N) is 1. The number of hydrogen-bond donors (Lipinski definition) is 0. The van der Waals surface area contributed by atoms with Crippen molar-refractivity contribution in [1.82, 2.24) is 4.31 Å². The summed E-state index contributed by atoms with van der Waals surface area (Å²) in [7, 11) is -1.25. The Labute approximate surface area is 69.6 Å². The molecule has 0 aromatic carbocycles. The molecule has 1 aliphatic heterocycles. The fourth-order valence-electron chi connectivity index (χ4n) is 1.01. The number of hydrogen-bond acceptors (Lipinski definition) is 2. The molecule has 1 heterocycles. The maximum absolute atomic E-state index is 11.0. The van der Waals surface area contributed by atoms with Crippen LogP contribution in [-0.4, -0.2) is 36.9 Å². The van der Waals surface area contributed by atoms with Crippen LogP contribution in [-0.2, 0) is 10.0 Å². The summed E-state index contributed by atoms with van der Waals surface area (Å²) in [6.07, 6.45) is 0.754. The highest BCUT2D eigenvalue weighted by Crippen LogP contribution is 2.19. The maximum atomic E-state index is 11.0. The number of sulfonamides is 1. The van der Waals surface area contributed by atoms with Gasteiger partial charge in [-0.15, -0.1) is 0 Å². The summed E-state index contributed by atoms with van der Waals surface area (Å²) in [5.41, 5.74) is 0. The van der Waals surface area contributed by atoms with E-state index in [0.717, 1.165) is 11.8 Å². The van der Waals surface area contributed by atoms with Crippen LogP contribution in [0.3, 0.4) is 0 Å². The van der Waals surface area contributed by atoms with Crippen molar-refractivity contribution < 1.29 is 8.42 Å². The molecule has 5 heteroatoms. The van der Waals surface area contributed by atoms with Gasteiger partial charge in [0.15, 0.2) is 0 Å². The van der Waals surface area contributed by atoms with Crippen LogP contribution in [0.25, 0.3) is 0 Å². The van der Waals surface area contributed by atoms with Crippen molar-refractivity contribution in [3.05, 3.63) is 0 Å². The molecule has 1 rings (SSSR count). The summed E-state index contributed by atoms with van der Waals surface area (Å²) >= 11 is 3.26. The van der Waals surface area contributed by atoms with Crippen molar-refractivity contribution in [2.24, 2.45) is 0 Å². The van der Waals surface area contributed by atoms with E-state index in [1.807, 2.05) is 0 Å². The minimum Gasteiger partial charge on any atom is -0.212 e. The molecule has 0 aromatic rings. The average Bonchev–Trinajstić information content (AvgIpc) is 2.10. The van der Waals surface area contributed by atoms with Gasteiger partial charge in [0.05, 0.1) is 5.75 Å². The molecule has 0 N–H and O–H groups in total. The molecule has 60 valence electrons. The number of halogens is 1. The van der Waals surface area contributed by atoms with Crippen LogP contribution >= 0.6 is 15.9 Å². The number of alkyl halides is 1. The van der Waals surface area contributed by atoms with Gasteiger partial charge in [-0.25, -0.2) is 12.7 Å². The van der Waals surface area contributed by atoms with Crippen LogP contribution < -0.4 is 0 Å². The molecular weight excluding hydrogens is 218 g/mol. The van der Waals surface area contributed by atoms with Crippen molar-refractivity contribution in [1.29, 1.82) is 0 Å². The van der Waals surface area contributed by atoms with Crippen LogP contribution in [0, 0.1) is 0 Å². The molecule has 0 aromatic heterocycles. The van der Waals surface area contributed by atoms with E-state index < -0.39 is 10.0 Å². The number of rotatable bonds is 1. The Balaban J connectivity index is 2.77. The first-order valence-corrected chi connectivity index (χ1v) is 5.82. The van der Waals surface area contributed by atoms with E-state index in [0.29, 0.717) is 5.75 Å². The van der Waals surface area contributed by atoms with Gasteiger partial charge in [-0.05, 0) is 6.42 Å². The summed E-state index contributed by atoms with van der Waals surface area (Å²) in [6.45, 7) is 0. The van der Waals surface area contributed by atoms with Gasteiger partial charge < -0.3 is 0 Å². The zero-order chi connectivity index (χ0) is 7.78. The third kappa shape index (κ3) is 1.35. The van der Waals surface area contributed by atoms with Gasteiger partial charge >= 0.3 is 0 Å². The third-order valence-corrected chi connectivity index (χ3v) is 4.51. The predicted octanol–water partition coefficient (Wildman–Crippen LogP) is 0.415. The van der Waals surface area contributed by atoms with Gasteiger partial charge in [0.2, 0.25) is 10.0 Å². The van der Waals surface area contributed by atoms with Crippen molar-refractivity contribution in [3.63, 3.8) is 0 Å². The molecule has 0 radical (unpaired) electrons. The largest absolute Gasteiger partial charge is 0.214 e. The predicted molar refractivity (Wildman–Crippen MR) is 43.7 cm³/mol. The molecule has 0 aliphatic carbocycles. The van der Waals surface area contributed by atoms with Crippen molar-refractivity contribution in [3.8, 4) is 0 Å². The summed E-state index contributed by atoms with van der Waals surface area (Å²) in [5, 5.41) is 0.739. The van der Waals surface area contributed by atoms with Gasteiger partial charge in [-0.2, -0.15) is 0 Å². The van der Waals surface area contributed by atoms with E-state index in [9.17, 15) is 8.42 Å². The summed E-state index contributed by atoms with van der Waals surface area (Å²) in [5.74, 6) is 0.305. The molecule has 0 amide bonds. The monoisotopic (exact) mass is 227 g/mol. The molecule has 0 bridgehead atoms. The Morgan fingerprint density at radius 3 is 2.50 bits per heavy atom. The molecule has 1 aliphatic rings. The smallest absolute Gasteiger partial charge is 0.212 e. The van der Waals surface area contributed by atoms with Gasteiger partial charge in [-0.3, -0.25) is 0 Å². The van der Waals surface area contributed by atoms with E-state index >= 15 is 0 Å². The normalized spacial score (nSPS) is 32.8. The summed E-state index contributed by atoms with van der Waals surface area (Å²) < 4.78 is 23.5. The molecule has 3 nitrogen and oxygen atoms in total. The van der Waals surface area contributed by atoms with Gasteiger partial charge in [0, 0.05) is 18.4 Å². The van der Waals surface area contributed by atoms with Gasteiger partial charge in [0.1, 0.15) is 0 Å². The van der Waals surface area contributed by atoms with E-state index in [4.69, 9.17) is 0 Å². The maximum Gasteiger partial charge on any atom is 0.214 e. The van der Waals surface area contributed by atoms with Gasteiger partial charge in [-0.1, -0.05) is 15.9 Å². The summed E-state index contributed by atoms with van der Waals surface area (Å²) in [4.78, 5) is 0. The minimum absolute atomic E-state index is 0.171. The average molecular weight is 228 g/mol. The van der Waals surface area contributed by atoms with Crippen LogP contribution in [0.2, 0.25) is 0 Å². The van der Waals surface area contributed by atoms with E-state index in [2.05, 4.69) is 15.9 Å². The Hall–Kier alpha value is 0.390. The van der Waals surface area contributed by atoms with Crippen LogP contribution in [0.15, 0.2) is 0 Å². The Morgan fingerprint density at radius 2 is 2.30 bits per heavy atom. The second-order valence-corrected chi connectivity index (χ2v) is 5.22. The van der Waals surface area contributed by atoms with Crippen LogP contribution in [0.1, 0.15) is 6.42 Å². The Kier molecular flexibility index (Phi) is 2.37. The minimum atomic E-state index is -2.88. The highest BCUT2D eigenvalue weighted by atomic mass is 79.9. The lowest BCUT2D eigenvalue weighted by Crippen LogP contribution is -2.29. The molecule has 0 spiro atoms. The molecule has 1 saturated heterocycles. The van der Waals surface area contributed by atoms with Crippen LogP contribution in [0.5, 0.6) is 0 Å². The van der Waals surface area contributed by atoms with Crippen molar-refractivity contribution in [2.45, 2.75) is 12.5 Å². The lowest BCUT2D eigenvalue weighted by atomic mass is 10.3. The first-order valence-electron chi connectivity index (χ1n) is 3.09. The second-order valence-electron chi connectivity index (χ2n) is 2.43. The Morgan fingerprint density at radius 1 is 1.70 bits per heavy atom. The third-order valence-electron chi connectivity index (χ3n) is 1.84. The van der Waals surface area contributed by atoms with E-state index in [1.54, 1.807) is 7.05 Å². The first-order chi connectivity index (χ1) is 4.58. The van der Waals surface area contributed by atoms with E-state index in [-0.39, 0.29) is 6.04 Å². The molecular formula is C5H10BrNO2S. The quantitative estimate of drug-likeness (QED) is 0.610. The SMILES string of the molecule is CN1C(CBr)CCS1(=O)=O. The molecule has 1 fully saturated rings. The first kappa shape index (κ1) is 8.49. The molecule has 0 saturated carbocycles. The van der Waals surface area contributed by atoms with E-state index in [1.165, 1.54) is 4.31 Å². The second kappa shape index (κ2) is 2.79. The topological polar surface area (TPSA) is 37.4 Å². The summed E-state index contributed by atoms with van der Waals surface area (Å²) in [6, 6.07) is 0.171. The Bertz CT molecular complexity index is 214. The lowest BCUT2D eigenvalue weighted by Gasteiger charge is -2.14. The zero-order valence-corrected chi connectivity index (χ0v) is 8.15. The molecule has 10 heavy (non-hydrogen) atoms. The molecule has 1 atom stereocenters. The lowest BCUT2D eigenvalue weighted by molar-refractivity contribution is 0.428.